The summed E-state index contributed by atoms with van der Waals surface area (Å²) in [5, 5.41) is 3.32. The molecule has 0 heterocycles. The van der Waals surface area contributed by atoms with Gasteiger partial charge in [0.1, 0.15) is 11.6 Å². The third-order valence-corrected chi connectivity index (χ3v) is 2.81. The molecule has 0 amide bonds. The normalized spacial score (nSPS) is 12.4. The first-order chi connectivity index (χ1) is 7.53. The molecule has 0 spiro atoms. The van der Waals surface area contributed by atoms with Crippen molar-refractivity contribution in [1.29, 1.82) is 0 Å². The van der Waals surface area contributed by atoms with Gasteiger partial charge in [-0.25, -0.2) is 0 Å². The lowest BCUT2D eigenvalue weighted by molar-refractivity contribution is 0.336. The van der Waals surface area contributed by atoms with E-state index >= 15 is 0 Å². The molecule has 0 aliphatic heterocycles. The van der Waals surface area contributed by atoms with Gasteiger partial charge in [-0.3, -0.25) is 4.28 Å². The number of amidine groups is 1. The van der Waals surface area contributed by atoms with E-state index in [4.69, 9.17) is 5.73 Å². The van der Waals surface area contributed by atoms with Crippen LogP contribution in [0.25, 0.3) is 0 Å². The van der Waals surface area contributed by atoms with Crippen LogP contribution in [0.4, 0.5) is 0 Å². The van der Waals surface area contributed by atoms with E-state index in [1.54, 1.807) is 31.2 Å². The maximum Gasteiger partial charge on any atom is 0.332 e. The van der Waals surface area contributed by atoms with Crippen LogP contribution in [-0.2, 0) is 20.2 Å². The van der Waals surface area contributed by atoms with E-state index in [9.17, 15) is 8.42 Å². The number of hydrogen-bond donors (Lipinski definition) is 1. The van der Waals surface area contributed by atoms with Crippen molar-refractivity contribution >= 4 is 16.0 Å². The fourth-order valence-corrected chi connectivity index (χ4v) is 1.84. The van der Waals surface area contributed by atoms with Gasteiger partial charge in [0.25, 0.3) is 0 Å². The predicted octanol–water partition coefficient (Wildman–Crippen LogP) is 1.22. The Morgan fingerprint density at radius 3 is 2.56 bits per heavy atom. The molecular formula is C10H14N2O3S. The van der Waals surface area contributed by atoms with Crippen molar-refractivity contribution in [3.8, 4) is 0 Å². The maximum atomic E-state index is 11.4. The number of benzene rings is 1. The first-order valence-electron chi connectivity index (χ1n) is 4.81. The summed E-state index contributed by atoms with van der Waals surface area (Å²) in [6.07, 6.45) is 0.445. The quantitative estimate of drug-likeness (QED) is 0.478. The summed E-state index contributed by atoms with van der Waals surface area (Å²) in [7, 11) is -3.71. The highest BCUT2D eigenvalue weighted by atomic mass is 32.2. The molecule has 0 radical (unpaired) electrons. The molecule has 0 aliphatic rings. The van der Waals surface area contributed by atoms with Gasteiger partial charge in [-0.05, 0) is 5.56 Å². The van der Waals surface area contributed by atoms with Gasteiger partial charge in [-0.1, -0.05) is 42.4 Å². The van der Waals surface area contributed by atoms with Crippen LogP contribution in [0.5, 0.6) is 0 Å². The predicted molar refractivity (Wildman–Crippen MR) is 62.1 cm³/mol. The molecule has 1 aromatic carbocycles. The van der Waals surface area contributed by atoms with E-state index < -0.39 is 10.1 Å². The van der Waals surface area contributed by atoms with Crippen molar-refractivity contribution in [2.75, 3.05) is 0 Å². The first kappa shape index (κ1) is 12.5. The molecule has 16 heavy (non-hydrogen) atoms. The number of nitrogens with zero attached hydrogens (tertiary/aromatic N) is 1. The molecule has 0 atom stereocenters. The number of rotatable bonds is 5. The highest BCUT2D eigenvalue weighted by Gasteiger charge is 2.12. The molecule has 2 N–H and O–H groups in total. The molecular weight excluding hydrogens is 228 g/mol. The van der Waals surface area contributed by atoms with E-state index in [0.29, 0.717) is 12.0 Å². The van der Waals surface area contributed by atoms with Gasteiger partial charge < -0.3 is 5.73 Å². The minimum absolute atomic E-state index is 0.150. The molecule has 0 aliphatic carbocycles. The van der Waals surface area contributed by atoms with Gasteiger partial charge in [-0.15, -0.1) is 0 Å². The lowest BCUT2D eigenvalue weighted by atomic mass is 10.2. The number of hydrogen-bond acceptors (Lipinski definition) is 4. The van der Waals surface area contributed by atoms with Crippen molar-refractivity contribution < 1.29 is 12.7 Å². The maximum absolute atomic E-state index is 11.4. The van der Waals surface area contributed by atoms with Gasteiger partial charge in [0, 0.05) is 6.42 Å². The average Bonchev–Trinajstić information content (AvgIpc) is 2.27. The lowest BCUT2D eigenvalue weighted by Gasteiger charge is -2.02. The molecule has 1 rings (SSSR count). The minimum Gasteiger partial charge on any atom is -0.384 e. The van der Waals surface area contributed by atoms with E-state index in [0.717, 1.165) is 0 Å². The van der Waals surface area contributed by atoms with Gasteiger partial charge in [0.2, 0.25) is 0 Å². The lowest BCUT2D eigenvalue weighted by Crippen LogP contribution is -2.13. The van der Waals surface area contributed by atoms with E-state index in [-0.39, 0.29) is 11.6 Å². The minimum atomic E-state index is -3.71. The van der Waals surface area contributed by atoms with Gasteiger partial charge >= 0.3 is 10.1 Å². The highest BCUT2D eigenvalue weighted by Crippen LogP contribution is 2.07. The monoisotopic (exact) mass is 242 g/mol. The zero-order valence-electron chi connectivity index (χ0n) is 8.96. The van der Waals surface area contributed by atoms with Crippen LogP contribution in [0.1, 0.15) is 18.9 Å². The summed E-state index contributed by atoms with van der Waals surface area (Å²) in [4.78, 5) is 0. The second-order valence-electron chi connectivity index (χ2n) is 3.20. The first-order valence-corrected chi connectivity index (χ1v) is 6.39. The molecule has 1 aromatic rings. The Morgan fingerprint density at radius 1 is 1.38 bits per heavy atom. The largest absolute Gasteiger partial charge is 0.384 e. The standard InChI is InChI=1S/C10H14N2O3S/c1-2-10(11)12-15-16(13,14)8-9-6-4-3-5-7-9/h3-7H,2,8H2,1H3,(H2,11,12). The SMILES string of the molecule is CCC(N)=NOS(=O)(=O)Cc1ccccc1. The van der Waals surface area contributed by atoms with Crippen molar-refractivity contribution in [2.45, 2.75) is 19.1 Å². The Labute approximate surface area is 95.0 Å². The molecule has 6 heteroatoms. The van der Waals surface area contributed by atoms with Crippen LogP contribution in [0, 0.1) is 0 Å². The fraction of sp³-hybridized carbons (Fsp3) is 0.300. The summed E-state index contributed by atoms with van der Waals surface area (Å²) in [6, 6.07) is 8.73. The molecule has 88 valence electrons. The summed E-state index contributed by atoms with van der Waals surface area (Å²) < 4.78 is 27.3. The third-order valence-electron chi connectivity index (χ3n) is 1.82. The van der Waals surface area contributed by atoms with Crippen LogP contribution >= 0.6 is 0 Å². The van der Waals surface area contributed by atoms with Crippen LogP contribution in [-0.4, -0.2) is 14.3 Å². The molecule has 0 saturated carbocycles. The Kier molecular flexibility index (Phi) is 4.30. The second-order valence-corrected chi connectivity index (χ2v) is 4.75. The molecule has 0 aromatic heterocycles. The molecule has 0 unspecified atom stereocenters. The Balaban J connectivity index is 2.67. The zero-order chi connectivity index (χ0) is 12.0. The summed E-state index contributed by atoms with van der Waals surface area (Å²) in [6.45, 7) is 1.76. The Bertz CT molecular complexity index is 454. The summed E-state index contributed by atoms with van der Waals surface area (Å²) in [5.41, 5.74) is 5.98. The van der Waals surface area contributed by atoms with Gasteiger partial charge in [0.05, 0.1) is 0 Å². The van der Waals surface area contributed by atoms with Crippen LogP contribution in [0.15, 0.2) is 35.5 Å². The Morgan fingerprint density at radius 2 is 2.00 bits per heavy atom. The van der Waals surface area contributed by atoms with Crippen LogP contribution in [0.2, 0.25) is 0 Å². The molecule has 5 nitrogen and oxygen atoms in total. The van der Waals surface area contributed by atoms with Crippen LogP contribution in [0.3, 0.4) is 0 Å². The summed E-state index contributed by atoms with van der Waals surface area (Å²) >= 11 is 0. The summed E-state index contributed by atoms with van der Waals surface area (Å²) in [5.74, 6) is -0.0643. The van der Waals surface area contributed by atoms with Crippen molar-refractivity contribution in [2.24, 2.45) is 10.9 Å². The van der Waals surface area contributed by atoms with Crippen LogP contribution < -0.4 is 5.73 Å². The van der Waals surface area contributed by atoms with Crippen molar-refractivity contribution in [1.82, 2.24) is 0 Å². The second kappa shape index (κ2) is 5.50. The topological polar surface area (TPSA) is 81.8 Å². The zero-order valence-corrected chi connectivity index (χ0v) is 9.78. The highest BCUT2D eigenvalue weighted by molar-refractivity contribution is 7.85. The van der Waals surface area contributed by atoms with E-state index in [1.165, 1.54) is 0 Å². The smallest absolute Gasteiger partial charge is 0.332 e. The van der Waals surface area contributed by atoms with Gasteiger partial charge in [-0.2, -0.15) is 8.42 Å². The number of nitrogens with two attached hydrogens (primary N) is 1. The third kappa shape index (κ3) is 4.31. The van der Waals surface area contributed by atoms with E-state index in [1.807, 2.05) is 6.07 Å². The molecule has 0 fully saturated rings. The number of oxime groups is 1. The van der Waals surface area contributed by atoms with E-state index in [2.05, 4.69) is 9.44 Å². The van der Waals surface area contributed by atoms with Crippen molar-refractivity contribution in [3.05, 3.63) is 35.9 Å². The molecule has 0 saturated heterocycles. The molecule has 0 bridgehead atoms. The Hall–Kier alpha value is -1.56. The van der Waals surface area contributed by atoms with Gasteiger partial charge in [0.15, 0.2) is 0 Å². The van der Waals surface area contributed by atoms with Crippen molar-refractivity contribution in [3.63, 3.8) is 0 Å². The fourth-order valence-electron chi connectivity index (χ4n) is 0.974. The average molecular weight is 242 g/mol.